The predicted molar refractivity (Wildman–Crippen MR) is 126 cm³/mol. The van der Waals surface area contributed by atoms with E-state index in [1.807, 2.05) is 12.1 Å². The smallest absolute Gasteiger partial charge is 0.0741 e. The van der Waals surface area contributed by atoms with E-state index in [4.69, 9.17) is 21.8 Å². The number of aromatic nitrogens is 1. The number of fused-ring (bicyclic) bond motifs is 5. The molecule has 0 spiro atoms. The van der Waals surface area contributed by atoms with Gasteiger partial charge in [-0.2, -0.15) is 5.26 Å². The molecule has 0 amide bonds. The number of nitrogens with zero attached hydrogens (tertiary/aromatic N) is 2. The Morgan fingerprint density at radius 1 is 1.13 bits per heavy atom. The van der Waals surface area contributed by atoms with E-state index in [1.165, 1.54) is 66.4 Å². The average molecular weight is 422 g/mol. The highest BCUT2D eigenvalue weighted by molar-refractivity contribution is 6.31. The lowest BCUT2D eigenvalue weighted by molar-refractivity contribution is 0.433. The minimum absolute atomic E-state index is 0.582. The van der Waals surface area contributed by atoms with E-state index in [0.717, 1.165) is 36.3 Å². The van der Waals surface area contributed by atoms with Gasteiger partial charge < -0.3 is 5.32 Å². The molecule has 1 aromatic heterocycles. The maximum absolute atomic E-state index is 8.62. The van der Waals surface area contributed by atoms with Gasteiger partial charge in [0.25, 0.3) is 0 Å². The Hall–Kier alpha value is -2.05. The number of nitriles is 1. The summed E-state index contributed by atoms with van der Waals surface area (Å²) >= 11 is 6.29. The number of allylic oxidation sites excluding steroid dienone is 2. The van der Waals surface area contributed by atoms with Crippen molar-refractivity contribution < 1.29 is 0 Å². The highest BCUT2D eigenvalue weighted by Gasteiger charge is 2.33. The molecule has 4 rings (SSSR count). The van der Waals surface area contributed by atoms with Crippen LogP contribution in [-0.2, 0) is 6.42 Å². The number of halogens is 1. The van der Waals surface area contributed by atoms with Crippen molar-refractivity contribution in [2.24, 2.45) is 5.92 Å². The van der Waals surface area contributed by atoms with Crippen LogP contribution in [0.2, 0.25) is 5.02 Å². The fraction of sp³-hybridized carbons (Fsp3) is 0.538. The number of unbranched alkanes of at least 4 members (excludes halogenated alkanes) is 6. The summed E-state index contributed by atoms with van der Waals surface area (Å²) in [5, 5.41) is 14.4. The van der Waals surface area contributed by atoms with Crippen LogP contribution in [0.4, 0.5) is 5.69 Å². The third-order valence-corrected chi connectivity index (χ3v) is 6.86. The number of nitrogens with one attached hydrogen (secondary N) is 1. The first-order valence-electron chi connectivity index (χ1n) is 11.6. The van der Waals surface area contributed by atoms with Gasteiger partial charge in [0.2, 0.25) is 0 Å². The van der Waals surface area contributed by atoms with Crippen molar-refractivity contribution in [2.75, 3.05) is 11.9 Å². The minimum Gasteiger partial charge on any atom is -0.384 e. The van der Waals surface area contributed by atoms with Gasteiger partial charge in [-0.05, 0) is 69.1 Å². The number of hydrogen-bond acceptors (Lipinski definition) is 3. The maximum Gasteiger partial charge on any atom is 0.0741 e. The van der Waals surface area contributed by atoms with E-state index in [-0.39, 0.29) is 0 Å². The lowest BCUT2D eigenvalue weighted by Crippen LogP contribution is -2.24. The fourth-order valence-electron chi connectivity index (χ4n) is 5.33. The monoisotopic (exact) mass is 421 g/mol. The molecule has 2 aliphatic rings. The summed E-state index contributed by atoms with van der Waals surface area (Å²) in [5.41, 5.74) is 6.58. The van der Waals surface area contributed by atoms with Gasteiger partial charge in [-0.25, -0.2) is 0 Å². The first-order chi connectivity index (χ1) is 14.7. The summed E-state index contributed by atoms with van der Waals surface area (Å²) in [5.74, 6) is 1.22. The van der Waals surface area contributed by atoms with Crippen molar-refractivity contribution in [3.8, 4) is 6.07 Å². The maximum atomic E-state index is 8.62. The van der Waals surface area contributed by atoms with Crippen LogP contribution in [0.15, 0.2) is 29.8 Å². The normalized spacial score (nSPS) is 19.8. The molecule has 0 saturated carbocycles. The zero-order valence-electron chi connectivity index (χ0n) is 18.0. The van der Waals surface area contributed by atoms with Gasteiger partial charge >= 0.3 is 0 Å². The third kappa shape index (κ3) is 4.81. The number of hydrogen-bond donors (Lipinski definition) is 1. The molecule has 3 nitrogen and oxygen atoms in total. The summed E-state index contributed by atoms with van der Waals surface area (Å²) in [6.45, 7) is 3.28. The van der Waals surface area contributed by atoms with E-state index >= 15 is 0 Å². The molecule has 0 saturated heterocycles. The first kappa shape index (κ1) is 21.2. The van der Waals surface area contributed by atoms with Gasteiger partial charge in [-0.15, -0.1) is 0 Å². The molecule has 1 heterocycles. The molecule has 1 aromatic carbocycles. The van der Waals surface area contributed by atoms with Crippen LogP contribution in [0.25, 0.3) is 10.9 Å². The lowest BCUT2D eigenvalue weighted by Gasteiger charge is -2.36. The standard InChI is InChI=1S/C26H32ClN3/c1-18-13-19-15-20(14-18)25-24(16-19)30-23-17-21(27)9-10-22(23)26(25)29-12-8-6-4-2-3-5-7-11-28/h9-10,13,17,19-20H,2-8,12,14-16H2,1H3,(H,29,30)/t19-,20+/m1/s1. The van der Waals surface area contributed by atoms with Crippen molar-refractivity contribution in [3.63, 3.8) is 0 Å². The predicted octanol–water partition coefficient (Wildman–Crippen LogP) is 7.55. The molecule has 0 aliphatic heterocycles. The summed E-state index contributed by atoms with van der Waals surface area (Å²) in [6.07, 6.45) is 13.8. The molecule has 2 bridgehead atoms. The van der Waals surface area contributed by atoms with Crippen molar-refractivity contribution in [1.82, 2.24) is 4.98 Å². The molecule has 0 radical (unpaired) electrons. The van der Waals surface area contributed by atoms with Crippen molar-refractivity contribution in [2.45, 2.75) is 77.0 Å². The van der Waals surface area contributed by atoms with Crippen LogP contribution < -0.4 is 5.32 Å². The third-order valence-electron chi connectivity index (χ3n) is 6.62. The minimum atomic E-state index is 0.582. The molecule has 0 unspecified atom stereocenters. The Labute approximate surface area is 185 Å². The Bertz CT molecular complexity index is 972. The molecule has 30 heavy (non-hydrogen) atoms. The van der Waals surface area contributed by atoms with Gasteiger partial charge in [-0.1, -0.05) is 48.9 Å². The molecule has 2 aliphatic carbocycles. The van der Waals surface area contributed by atoms with E-state index < -0.39 is 0 Å². The van der Waals surface area contributed by atoms with Gasteiger partial charge in [0.15, 0.2) is 0 Å². The van der Waals surface area contributed by atoms with Gasteiger partial charge in [0, 0.05) is 40.3 Å². The second-order valence-electron chi connectivity index (χ2n) is 9.08. The average Bonchev–Trinajstić information content (AvgIpc) is 2.71. The highest BCUT2D eigenvalue weighted by Crippen LogP contribution is 2.47. The lowest BCUT2D eigenvalue weighted by atomic mass is 9.71. The van der Waals surface area contributed by atoms with Crippen LogP contribution in [0, 0.1) is 17.2 Å². The quantitative estimate of drug-likeness (QED) is 0.335. The van der Waals surface area contributed by atoms with Crippen LogP contribution in [0.3, 0.4) is 0 Å². The van der Waals surface area contributed by atoms with E-state index in [9.17, 15) is 0 Å². The number of anilines is 1. The Kier molecular flexibility index (Phi) is 6.95. The molecular weight excluding hydrogens is 390 g/mol. The number of benzene rings is 1. The second-order valence-corrected chi connectivity index (χ2v) is 9.52. The van der Waals surface area contributed by atoms with Crippen molar-refractivity contribution in [1.29, 1.82) is 5.26 Å². The number of rotatable bonds is 9. The largest absolute Gasteiger partial charge is 0.384 e. The number of pyridine rings is 1. The van der Waals surface area contributed by atoms with Gasteiger partial charge in [0.05, 0.1) is 11.6 Å². The van der Waals surface area contributed by atoms with Crippen molar-refractivity contribution >= 4 is 28.2 Å². The summed E-state index contributed by atoms with van der Waals surface area (Å²) in [7, 11) is 0. The Morgan fingerprint density at radius 3 is 2.77 bits per heavy atom. The van der Waals surface area contributed by atoms with Crippen LogP contribution >= 0.6 is 11.6 Å². The molecule has 158 valence electrons. The molecule has 4 heteroatoms. The Morgan fingerprint density at radius 2 is 1.93 bits per heavy atom. The zero-order chi connectivity index (χ0) is 20.9. The van der Waals surface area contributed by atoms with Gasteiger partial charge in [-0.3, -0.25) is 4.98 Å². The fourth-order valence-corrected chi connectivity index (χ4v) is 5.49. The van der Waals surface area contributed by atoms with E-state index in [2.05, 4.69) is 30.5 Å². The summed E-state index contributed by atoms with van der Waals surface area (Å²) in [4.78, 5) is 5.06. The zero-order valence-corrected chi connectivity index (χ0v) is 18.8. The molecule has 0 fully saturated rings. The summed E-state index contributed by atoms with van der Waals surface area (Å²) < 4.78 is 0. The van der Waals surface area contributed by atoms with Crippen LogP contribution in [-0.4, -0.2) is 11.5 Å². The SMILES string of the molecule is CC1=C[C@H]2Cc3nc4cc(Cl)ccc4c(NCCCCCCCCC#N)c3[C@@H](C1)C2. The van der Waals surface area contributed by atoms with Crippen LogP contribution in [0.5, 0.6) is 0 Å². The highest BCUT2D eigenvalue weighted by atomic mass is 35.5. The van der Waals surface area contributed by atoms with E-state index in [1.54, 1.807) is 0 Å². The Balaban J connectivity index is 1.48. The van der Waals surface area contributed by atoms with Crippen molar-refractivity contribution in [3.05, 3.63) is 46.1 Å². The molecule has 2 atom stereocenters. The summed E-state index contributed by atoms with van der Waals surface area (Å²) in [6, 6.07) is 8.37. The van der Waals surface area contributed by atoms with E-state index in [0.29, 0.717) is 18.3 Å². The molecule has 1 N–H and O–H groups in total. The first-order valence-corrected chi connectivity index (χ1v) is 11.9. The molecule has 2 aromatic rings. The molecular formula is C26H32ClN3. The second kappa shape index (κ2) is 9.84. The van der Waals surface area contributed by atoms with Gasteiger partial charge in [0.1, 0.15) is 0 Å². The topological polar surface area (TPSA) is 48.7 Å². The van der Waals surface area contributed by atoms with Crippen LogP contribution in [0.1, 0.15) is 81.9 Å².